The van der Waals surface area contributed by atoms with Crippen molar-refractivity contribution >= 4 is 49.8 Å². The molecule has 1 heterocycles. The Morgan fingerprint density at radius 1 is 0.364 bits per heavy atom. The Labute approximate surface area is 319 Å². The maximum Gasteiger partial charge on any atom is 0.136 e. The summed E-state index contributed by atoms with van der Waals surface area (Å²) in [4.78, 5) is 2.42. The fourth-order valence-corrected chi connectivity index (χ4v) is 9.93. The molecule has 0 saturated heterocycles. The Morgan fingerprint density at radius 3 is 1.80 bits per heavy atom. The highest BCUT2D eigenvalue weighted by atomic mass is 16.3. The first-order valence-corrected chi connectivity index (χ1v) is 19.0. The topological polar surface area (TPSA) is 16.4 Å². The lowest BCUT2D eigenvalue weighted by Gasteiger charge is -2.36. The Hall–Kier alpha value is -7.16. The highest BCUT2D eigenvalue weighted by Crippen LogP contribution is 2.63. The van der Waals surface area contributed by atoms with Gasteiger partial charge in [-0.25, -0.2) is 0 Å². The molecule has 0 saturated carbocycles. The van der Waals surface area contributed by atoms with Gasteiger partial charge >= 0.3 is 0 Å². The van der Waals surface area contributed by atoms with Crippen molar-refractivity contribution in [3.8, 4) is 33.4 Å². The Bertz CT molecular complexity index is 3170. The molecule has 0 bridgehead atoms. The zero-order valence-corrected chi connectivity index (χ0v) is 29.9. The average molecular weight is 700 g/mol. The van der Waals surface area contributed by atoms with E-state index in [1.165, 1.54) is 71.8 Å². The molecule has 10 aromatic rings. The van der Waals surface area contributed by atoms with Crippen molar-refractivity contribution in [3.63, 3.8) is 0 Å². The van der Waals surface area contributed by atoms with Crippen LogP contribution < -0.4 is 4.90 Å². The van der Waals surface area contributed by atoms with Gasteiger partial charge in [0.2, 0.25) is 0 Å². The second-order valence-corrected chi connectivity index (χ2v) is 14.7. The summed E-state index contributed by atoms with van der Waals surface area (Å²) in [6, 6.07) is 73.5. The van der Waals surface area contributed by atoms with Gasteiger partial charge in [-0.1, -0.05) is 158 Å². The molecule has 1 atom stereocenters. The Balaban J connectivity index is 1.23. The van der Waals surface area contributed by atoms with Crippen molar-refractivity contribution < 1.29 is 4.42 Å². The normalized spacial score (nSPS) is 15.0. The van der Waals surface area contributed by atoms with Gasteiger partial charge in [0.1, 0.15) is 11.2 Å². The van der Waals surface area contributed by atoms with Crippen LogP contribution in [0.15, 0.2) is 205 Å². The molecule has 2 aliphatic rings. The van der Waals surface area contributed by atoms with Gasteiger partial charge in [0.05, 0.1) is 11.1 Å². The lowest BCUT2D eigenvalue weighted by Crippen LogP contribution is -2.29. The van der Waals surface area contributed by atoms with E-state index in [4.69, 9.17) is 4.42 Å². The van der Waals surface area contributed by atoms with Crippen LogP contribution in [0.2, 0.25) is 0 Å². The summed E-state index contributed by atoms with van der Waals surface area (Å²) in [6.45, 7) is 0. The van der Waals surface area contributed by atoms with E-state index in [9.17, 15) is 0 Å². The van der Waals surface area contributed by atoms with Gasteiger partial charge < -0.3 is 9.32 Å². The largest absolute Gasteiger partial charge is 0.456 e. The summed E-state index contributed by atoms with van der Waals surface area (Å²) in [5.74, 6) is 0. The number of benzene rings is 9. The third kappa shape index (κ3) is 4.08. The van der Waals surface area contributed by atoms with E-state index in [1.807, 2.05) is 0 Å². The van der Waals surface area contributed by atoms with E-state index < -0.39 is 5.41 Å². The van der Waals surface area contributed by atoms with Crippen LogP contribution in [0, 0.1) is 0 Å². The van der Waals surface area contributed by atoms with E-state index in [0.29, 0.717) is 0 Å². The number of nitrogens with zero attached hydrogens (tertiary/aromatic N) is 1. The van der Waals surface area contributed by atoms with Gasteiger partial charge in [-0.2, -0.15) is 0 Å². The summed E-state index contributed by atoms with van der Waals surface area (Å²) in [7, 11) is 0. The molecule has 0 aliphatic heterocycles. The number of fused-ring (bicyclic) bond motifs is 17. The van der Waals surface area contributed by atoms with Crippen LogP contribution in [-0.2, 0) is 5.41 Å². The molecule has 256 valence electrons. The molecule has 0 N–H and O–H groups in total. The first kappa shape index (κ1) is 30.3. The first-order chi connectivity index (χ1) is 27.3. The summed E-state index contributed by atoms with van der Waals surface area (Å²) < 4.78 is 6.53. The third-order valence-corrected chi connectivity index (χ3v) is 12.1. The van der Waals surface area contributed by atoms with Crippen molar-refractivity contribution in [1.82, 2.24) is 0 Å². The minimum atomic E-state index is -0.598. The number of anilines is 3. The van der Waals surface area contributed by atoms with E-state index in [0.717, 1.165) is 33.6 Å². The molecule has 2 nitrogen and oxygen atoms in total. The van der Waals surface area contributed by atoms with E-state index in [1.54, 1.807) is 0 Å². The predicted molar refractivity (Wildman–Crippen MR) is 228 cm³/mol. The Kier molecular flexibility index (Phi) is 6.29. The van der Waals surface area contributed by atoms with Crippen LogP contribution in [0.25, 0.3) is 66.1 Å². The smallest absolute Gasteiger partial charge is 0.136 e. The second kappa shape index (κ2) is 11.4. The molecule has 12 rings (SSSR count). The number of para-hydroxylation sites is 2. The third-order valence-electron chi connectivity index (χ3n) is 12.1. The number of rotatable bonds is 3. The molecule has 1 spiro atoms. The van der Waals surface area contributed by atoms with Crippen LogP contribution in [0.4, 0.5) is 17.1 Å². The SMILES string of the molecule is c1ccc(N(c2ccc3c(c2)-c2ccccc2-c2ccccc2[C@@]32c3ccccc3-c3c2ccc2oc4ccccc4c32)c2cccc3ccccc23)cc1. The van der Waals surface area contributed by atoms with Gasteiger partial charge in [-0.3, -0.25) is 0 Å². The molecule has 0 fully saturated rings. The molecule has 55 heavy (non-hydrogen) atoms. The van der Waals surface area contributed by atoms with Gasteiger partial charge in [0, 0.05) is 27.5 Å². The van der Waals surface area contributed by atoms with E-state index in [-0.39, 0.29) is 0 Å². The predicted octanol–water partition coefficient (Wildman–Crippen LogP) is 14.2. The first-order valence-electron chi connectivity index (χ1n) is 19.0. The van der Waals surface area contributed by atoms with Gasteiger partial charge in [0.25, 0.3) is 0 Å². The summed E-state index contributed by atoms with van der Waals surface area (Å²) >= 11 is 0. The minimum Gasteiger partial charge on any atom is -0.456 e. The van der Waals surface area contributed by atoms with Gasteiger partial charge in [-0.15, -0.1) is 0 Å². The minimum absolute atomic E-state index is 0.598. The average Bonchev–Trinajstić information content (AvgIpc) is 3.75. The van der Waals surface area contributed by atoms with Crippen molar-refractivity contribution in [2.24, 2.45) is 0 Å². The van der Waals surface area contributed by atoms with Crippen molar-refractivity contribution in [2.45, 2.75) is 5.41 Å². The molecule has 0 unspecified atom stereocenters. The molecule has 9 aromatic carbocycles. The standard InChI is InChI=1S/C53H33NO/c1-2-17-35(18-3-1)54(48-27-14-16-34-15-4-5-19-37(34)48)36-29-30-46-43(33-36)39-21-7-6-20-38(39)40-22-8-11-25-44(40)53(46)45-26-12-9-23-41(45)51-47(53)31-32-50-52(51)42-24-10-13-28-49(42)55-50/h1-33H/t53-/m1/s1. The summed E-state index contributed by atoms with van der Waals surface area (Å²) in [5, 5.41) is 4.76. The monoisotopic (exact) mass is 699 g/mol. The summed E-state index contributed by atoms with van der Waals surface area (Å²) in [6.07, 6.45) is 0. The summed E-state index contributed by atoms with van der Waals surface area (Å²) in [5.41, 5.74) is 17.2. The number of hydrogen-bond donors (Lipinski definition) is 0. The maximum atomic E-state index is 6.53. The highest BCUT2D eigenvalue weighted by Gasteiger charge is 2.50. The number of hydrogen-bond acceptors (Lipinski definition) is 2. The molecule has 0 amide bonds. The van der Waals surface area contributed by atoms with Crippen LogP contribution in [0.5, 0.6) is 0 Å². The lowest BCUT2D eigenvalue weighted by atomic mass is 9.66. The van der Waals surface area contributed by atoms with Crippen molar-refractivity contribution in [2.75, 3.05) is 4.90 Å². The van der Waals surface area contributed by atoms with Crippen molar-refractivity contribution in [1.29, 1.82) is 0 Å². The zero-order chi connectivity index (χ0) is 36.1. The van der Waals surface area contributed by atoms with Crippen molar-refractivity contribution in [3.05, 3.63) is 222 Å². The van der Waals surface area contributed by atoms with Crippen LogP contribution in [0.3, 0.4) is 0 Å². The fraction of sp³-hybridized carbons (Fsp3) is 0.0189. The maximum absolute atomic E-state index is 6.53. The molecule has 0 radical (unpaired) electrons. The van der Waals surface area contributed by atoms with Gasteiger partial charge in [0.15, 0.2) is 0 Å². The van der Waals surface area contributed by atoms with Crippen LogP contribution >= 0.6 is 0 Å². The molecular formula is C53H33NO. The van der Waals surface area contributed by atoms with Crippen LogP contribution in [0.1, 0.15) is 22.3 Å². The second-order valence-electron chi connectivity index (χ2n) is 14.7. The van der Waals surface area contributed by atoms with E-state index >= 15 is 0 Å². The molecular weight excluding hydrogens is 667 g/mol. The molecule has 1 aromatic heterocycles. The number of furan rings is 1. The van der Waals surface area contributed by atoms with Crippen LogP contribution in [-0.4, -0.2) is 0 Å². The quantitative estimate of drug-likeness (QED) is 0.183. The van der Waals surface area contributed by atoms with Gasteiger partial charge in [-0.05, 0) is 103 Å². The molecule has 2 aliphatic carbocycles. The Morgan fingerprint density at radius 2 is 0.964 bits per heavy atom. The lowest BCUT2D eigenvalue weighted by molar-refractivity contribution is 0.668. The molecule has 2 heteroatoms. The van der Waals surface area contributed by atoms with E-state index in [2.05, 4.69) is 205 Å². The fourth-order valence-electron chi connectivity index (χ4n) is 9.93. The zero-order valence-electron chi connectivity index (χ0n) is 29.9. The highest BCUT2D eigenvalue weighted by molar-refractivity contribution is 6.16.